The molecule has 1 aliphatic heterocycles. The van der Waals surface area contributed by atoms with E-state index < -0.39 is 0 Å². The van der Waals surface area contributed by atoms with Gasteiger partial charge in [0.15, 0.2) is 5.82 Å². The van der Waals surface area contributed by atoms with Crippen LogP contribution < -0.4 is 10.2 Å². The number of nitrogens with one attached hydrogen (secondary N) is 1. The summed E-state index contributed by atoms with van der Waals surface area (Å²) in [5.41, 5.74) is 1.50. The number of piperazine rings is 1. The first-order valence-electron chi connectivity index (χ1n) is 7.80. The van der Waals surface area contributed by atoms with Gasteiger partial charge in [-0.15, -0.1) is 0 Å². The van der Waals surface area contributed by atoms with Gasteiger partial charge in [0.25, 0.3) is 0 Å². The van der Waals surface area contributed by atoms with Gasteiger partial charge in [-0.1, -0.05) is 0 Å². The fraction of sp³-hybridized carbons (Fsp3) is 0.500. The lowest BCUT2D eigenvalue weighted by Crippen LogP contribution is -2.48. The highest BCUT2D eigenvalue weighted by Gasteiger charge is 2.22. The number of halogens is 1. The minimum Gasteiger partial charge on any atom is -0.371 e. The number of hydrogen-bond donors (Lipinski definition) is 1. The highest BCUT2D eigenvalue weighted by molar-refractivity contribution is 5.92. The Labute approximate surface area is 134 Å². The maximum Gasteiger partial charge on any atom is 0.155 e. The number of anilines is 2. The minimum absolute atomic E-state index is 0.167. The maximum atomic E-state index is 14.6. The molecule has 1 N–H and O–H groups in total. The van der Waals surface area contributed by atoms with Gasteiger partial charge in [0, 0.05) is 45.7 Å². The second-order valence-corrected chi connectivity index (χ2v) is 6.01. The number of Topliss-reactive ketones (excluding diaryl/α,β-unsaturated/α-hetero) is 1. The van der Waals surface area contributed by atoms with Crippen molar-refractivity contribution >= 4 is 28.2 Å². The number of fused-ring (bicyclic) bond motifs is 1. The molecule has 2 heterocycles. The normalized spacial score (nSPS) is 16.1. The predicted molar refractivity (Wildman–Crippen MR) is 89.6 cm³/mol. The topological polar surface area (TPSA) is 53.4 Å². The van der Waals surface area contributed by atoms with Crippen molar-refractivity contribution in [3.8, 4) is 0 Å². The van der Waals surface area contributed by atoms with E-state index >= 15 is 0 Å². The van der Waals surface area contributed by atoms with Crippen LogP contribution in [0.25, 0.3) is 10.9 Å². The van der Waals surface area contributed by atoms with Gasteiger partial charge in [-0.3, -0.25) is 14.4 Å². The molecule has 1 aromatic heterocycles. The molecule has 0 spiro atoms. The second kappa shape index (κ2) is 6.16. The first-order chi connectivity index (χ1) is 11.0. The summed E-state index contributed by atoms with van der Waals surface area (Å²) in [5, 5.41) is 8.13. The summed E-state index contributed by atoms with van der Waals surface area (Å²) in [6.07, 6.45) is 0. The zero-order valence-corrected chi connectivity index (χ0v) is 13.8. The zero-order valence-electron chi connectivity index (χ0n) is 13.8. The number of rotatable bonds is 4. The number of ketones is 1. The lowest BCUT2D eigenvalue weighted by Gasteiger charge is -2.35. The number of carbonyl (C=O) groups is 1. The first kappa shape index (κ1) is 15.7. The van der Waals surface area contributed by atoms with E-state index in [9.17, 15) is 9.18 Å². The number of nitrogens with zero attached hydrogens (tertiary/aromatic N) is 4. The van der Waals surface area contributed by atoms with Crippen molar-refractivity contribution in [2.24, 2.45) is 7.05 Å². The third kappa shape index (κ3) is 3.01. The van der Waals surface area contributed by atoms with Crippen LogP contribution in [-0.4, -0.2) is 60.2 Å². The van der Waals surface area contributed by atoms with Crippen molar-refractivity contribution in [3.63, 3.8) is 0 Å². The van der Waals surface area contributed by atoms with Crippen LogP contribution in [-0.2, 0) is 11.8 Å². The minimum atomic E-state index is -0.234. The third-order valence-electron chi connectivity index (χ3n) is 4.31. The van der Waals surface area contributed by atoms with Crippen LogP contribution >= 0.6 is 0 Å². The molecule has 1 aromatic carbocycles. The summed E-state index contributed by atoms with van der Waals surface area (Å²) in [7, 11) is 3.64. The lowest BCUT2D eigenvalue weighted by atomic mass is 10.1. The molecular formula is C16H22FN5O. The Morgan fingerprint density at radius 2 is 2.00 bits per heavy atom. The number of aromatic nitrogens is 2. The maximum absolute atomic E-state index is 14.6. The van der Waals surface area contributed by atoms with Gasteiger partial charge in [-0.05, 0) is 19.1 Å². The molecule has 0 unspecified atom stereocenters. The third-order valence-corrected chi connectivity index (χ3v) is 4.31. The molecule has 0 bridgehead atoms. The van der Waals surface area contributed by atoms with Crippen molar-refractivity contribution in [2.75, 3.05) is 50.0 Å². The van der Waals surface area contributed by atoms with Gasteiger partial charge >= 0.3 is 0 Å². The molecule has 1 saturated heterocycles. The molecule has 0 aliphatic carbocycles. The monoisotopic (exact) mass is 319 g/mol. The average molecular weight is 319 g/mol. The molecule has 0 amide bonds. The first-order valence-corrected chi connectivity index (χ1v) is 7.80. The van der Waals surface area contributed by atoms with Crippen molar-refractivity contribution in [2.45, 2.75) is 6.92 Å². The average Bonchev–Trinajstić information content (AvgIpc) is 2.82. The van der Waals surface area contributed by atoms with Gasteiger partial charge in [0.1, 0.15) is 11.6 Å². The van der Waals surface area contributed by atoms with Crippen LogP contribution in [0, 0.1) is 5.82 Å². The summed E-state index contributed by atoms with van der Waals surface area (Å²) >= 11 is 0. The van der Waals surface area contributed by atoms with Crippen LogP contribution in [0.15, 0.2) is 12.1 Å². The molecule has 124 valence electrons. The molecular weight excluding hydrogens is 297 g/mol. The van der Waals surface area contributed by atoms with E-state index in [1.54, 1.807) is 24.7 Å². The van der Waals surface area contributed by atoms with Gasteiger partial charge < -0.3 is 10.2 Å². The Kier molecular flexibility index (Phi) is 4.21. The van der Waals surface area contributed by atoms with Crippen molar-refractivity contribution < 1.29 is 9.18 Å². The Hall–Kier alpha value is -2.15. The molecule has 1 aliphatic rings. The molecule has 0 saturated carbocycles. The fourth-order valence-corrected chi connectivity index (χ4v) is 3.15. The molecule has 0 atom stereocenters. The van der Waals surface area contributed by atoms with Crippen LogP contribution in [0.4, 0.5) is 15.9 Å². The van der Waals surface area contributed by atoms with E-state index in [1.165, 1.54) is 0 Å². The fourth-order valence-electron chi connectivity index (χ4n) is 3.15. The molecule has 7 heteroatoms. The SMILES string of the molecule is CNc1nn(C)c2cc(N3CCN(CC(C)=O)CC3)c(F)cc12. The highest BCUT2D eigenvalue weighted by Crippen LogP contribution is 2.30. The molecule has 2 aromatic rings. The Morgan fingerprint density at radius 3 is 2.61 bits per heavy atom. The Balaban J connectivity index is 1.85. The van der Waals surface area contributed by atoms with Gasteiger partial charge in [-0.2, -0.15) is 5.10 Å². The Morgan fingerprint density at radius 1 is 1.30 bits per heavy atom. The van der Waals surface area contributed by atoms with E-state index in [2.05, 4.69) is 15.3 Å². The van der Waals surface area contributed by atoms with Gasteiger partial charge in [0.05, 0.1) is 17.7 Å². The number of benzene rings is 1. The Bertz CT molecular complexity index is 734. The van der Waals surface area contributed by atoms with Crippen molar-refractivity contribution in [1.29, 1.82) is 0 Å². The number of aryl methyl sites for hydroxylation is 1. The van der Waals surface area contributed by atoms with Crippen LogP contribution in [0.3, 0.4) is 0 Å². The lowest BCUT2D eigenvalue weighted by molar-refractivity contribution is -0.118. The smallest absolute Gasteiger partial charge is 0.155 e. The van der Waals surface area contributed by atoms with Crippen LogP contribution in [0.2, 0.25) is 0 Å². The van der Waals surface area contributed by atoms with E-state index in [-0.39, 0.29) is 11.6 Å². The summed E-state index contributed by atoms with van der Waals surface area (Å²) in [5.74, 6) is 0.613. The molecule has 23 heavy (non-hydrogen) atoms. The standard InChI is InChI=1S/C16H22FN5O/c1-11(23)10-21-4-6-22(7-5-21)15-9-14-12(8-13(15)17)16(18-2)19-20(14)3/h8-9H,4-7,10H2,1-3H3,(H,18,19). The van der Waals surface area contributed by atoms with E-state index in [0.29, 0.717) is 31.1 Å². The summed E-state index contributed by atoms with van der Waals surface area (Å²) < 4.78 is 16.3. The largest absolute Gasteiger partial charge is 0.371 e. The van der Waals surface area contributed by atoms with Gasteiger partial charge in [0.2, 0.25) is 0 Å². The molecule has 6 nitrogen and oxygen atoms in total. The summed E-state index contributed by atoms with van der Waals surface area (Å²) in [6.45, 7) is 5.04. The van der Waals surface area contributed by atoms with Crippen LogP contribution in [0.1, 0.15) is 6.92 Å². The summed E-state index contributed by atoms with van der Waals surface area (Å²) in [4.78, 5) is 15.4. The van der Waals surface area contributed by atoms with Crippen LogP contribution in [0.5, 0.6) is 0 Å². The zero-order chi connectivity index (χ0) is 16.6. The second-order valence-electron chi connectivity index (χ2n) is 6.01. The highest BCUT2D eigenvalue weighted by atomic mass is 19.1. The quantitative estimate of drug-likeness (QED) is 0.925. The van der Waals surface area contributed by atoms with Gasteiger partial charge in [-0.25, -0.2) is 4.39 Å². The van der Waals surface area contributed by atoms with E-state index in [4.69, 9.17) is 0 Å². The predicted octanol–water partition coefficient (Wildman–Crippen LogP) is 1.47. The summed E-state index contributed by atoms with van der Waals surface area (Å²) in [6, 6.07) is 3.41. The van der Waals surface area contributed by atoms with Crippen molar-refractivity contribution in [3.05, 3.63) is 17.9 Å². The number of hydrogen-bond acceptors (Lipinski definition) is 5. The number of carbonyl (C=O) groups excluding carboxylic acids is 1. The van der Waals surface area contributed by atoms with Crippen molar-refractivity contribution in [1.82, 2.24) is 14.7 Å². The molecule has 0 radical (unpaired) electrons. The molecule has 1 fully saturated rings. The van der Waals surface area contributed by atoms with E-state index in [1.807, 2.05) is 18.0 Å². The molecule has 3 rings (SSSR count). The van der Waals surface area contributed by atoms with E-state index in [0.717, 1.165) is 24.0 Å².